The topological polar surface area (TPSA) is 40.1 Å². The Labute approximate surface area is 130 Å². The van der Waals surface area contributed by atoms with Gasteiger partial charge in [0.15, 0.2) is 0 Å². The van der Waals surface area contributed by atoms with E-state index in [1.54, 1.807) is 0 Å². The van der Waals surface area contributed by atoms with Crippen LogP contribution in [0.25, 0.3) is 0 Å². The summed E-state index contributed by atoms with van der Waals surface area (Å²) in [6, 6.07) is 0. The van der Waals surface area contributed by atoms with Crippen molar-refractivity contribution >= 4 is 5.97 Å². The number of aliphatic carboxylic acids is 1. The monoisotopic (exact) mass is 318 g/mol. The first-order chi connectivity index (χ1) is 8.77. The summed E-state index contributed by atoms with van der Waals surface area (Å²) >= 11 is 0. The fourth-order valence-electron chi connectivity index (χ4n) is 2.29. The molecule has 117 valence electrons. The molecule has 0 atom stereocenters. The van der Waals surface area contributed by atoms with Gasteiger partial charge in [0.05, 0.1) is 0 Å². The largest absolute Gasteiger partial charge is 2.00 e. The first-order valence-corrected chi connectivity index (χ1v) is 7.97. The molecule has 0 aromatic heterocycles. The SMILES string of the molecule is CCCCCCCCCCCCCCCC(=O)[O-].[Cu+2]. The van der Waals surface area contributed by atoms with Gasteiger partial charge in [0.1, 0.15) is 0 Å². The third-order valence-corrected chi connectivity index (χ3v) is 3.48. The Bertz CT molecular complexity index is 184. The van der Waals surface area contributed by atoms with Gasteiger partial charge in [-0.1, -0.05) is 84.0 Å². The zero-order chi connectivity index (χ0) is 13.5. The van der Waals surface area contributed by atoms with E-state index < -0.39 is 5.97 Å². The van der Waals surface area contributed by atoms with Crippen molar-refractivity contribution in [3.63, 3.8) is 0 Å². The summed E-state index contributed by atoms with van der Waals surface area (Å²) in [7, 11) is 0. The Kier molecular flexibility index (Phi) is 20.2. The third-order valence-electron chi connectivity index (χ3n) is 3.48. The summed E-state index contributed by atoms with van der Waals surface area (Å²) in [5, 5.41) is 10.2. The summed E-state index contributed by atoms with van der Waals surface area (Å²) < 4.78 is 0. The standard InChI is InChI=1S/C16H32O2.Cu/c1-2-3-4-5-6-7-8-9-10-11-12-13-14-15-16(17)18;/h2-15H2,1H3,(H,17,18);/q;+2/p-1. The van der Waals surface area contributed by atoms with Crippen molar-refractivity contribution < 1.29 is 27.0 Å². The van der Waals surface area contributed by atoms with Crippen LogP contribution in [0.15, 0.2) is 0 Å². The van der Waals surface area contributed by atoms with Crippen molar-refractivity contribution in [3.8, 4) is 0 Å². The van der Waals surface area contributed by atoms with Gasteiger partial charge in [0.2, 0.25) is 0 Å². The average molecular weight is 319 g/mol. The molecule has 0 saturated carbocycles. The van der Waals surface area contributed by atoms with Crippen LogP contribution >= 0.6 is 0 Å². The Hall–Kier alpha value is -0.0105. The van der Waals surface area contributed by atoms with Crippen molar-refractivity contribution in [2.75, 3.05) is 0 Å². The Balaban J connectivity index is 0. The number of carboxylic acids is 1. The number of unbranched alkanes of at least 4 members (excludes halogenated alkanes) is 12. The molecule has 19 heavy (non-hydrogen) atoms. The summed E-state index contributed by atoms with van der Waals surface area (Å²) in [6.07, 6.45) is 16.9. The Morgan fingerprint density at radius 2 is 1.00 bits per heavy atom. The zero-order valence-electron chi connectivity index (χ0n) is 12.5. The predicted octanol–water partition coefficient (Wildman–Crippen LogP) is 4.22. The van der Waals surface area contributed by atoms with Gasteiger partial charge in [-0.3, -0.25) is 0 Å². The molecule has 0 aliphatic rings. The van der Waals surface area contributed by atoms with E-state index in [0.29, 0.717) is 0 Å². The van der Waals surface area contributed by atoms with Gasteiger partial charge in [-0.05, 0) is 12.8 Å². The second kappa shape index (κ2) is 18.0. The number of carboxylic acid groups (broad SMARTS) is 1. The van der Waals surface area contributed by atoms with Crippen LogP contribution in [0.1, 0.15) is 96.8 Å². The van der Waals surface area contributed by atoms with E-state index in [1.807, 2.05) is 0 Å². The van der Waals surface area contributed by atoms with Crippen LogP contribution in [0, 0.1) is 0 Å². The van der Waals surface area contributed by atoms with E-state index in [4.69, 9.17) is 0 Å². The zero-order valence-corrected chi connectivity index (χ0v) is 13.5. The number of hydrogen-bond acceptors (Lipinski definition) is 2. The molecule has 0 aromatic carbocycles. The van der Waals surface area contributed by atoms with Crippen molar-refractivity contribution in [3.05, 3.63) is 0 Å². The molecule has 0 amide bonds. The second-order valence-electron chi connectivity index (χ2n) is 5.36. The predicted molar refractivity (Wildman–Crippen MR) is 75.3 cm³/mol. The van der Waals surface area contributed by atoms with E-state index in [2.05, 4.69) is 6.92 Å². The van der Waals surface area contributed by atoms with Crippen LogP contribution in [-0.2, 0) is 21.9 Å². The molecule has 0 heterocycles. The molecular formula is C16H31CuO2+. The van der Waals surface area contributed by atoms with Gasteiger partial charge in [-0.15, -0.1) is 0 Å². The summed E-state index contributed by atoms with van der Waals surface area (Å²) in [6.45, 7) is 2.26. The van der Waals surface area contributed by atoms with Crippen LogP contribution < -0.4 is 5.11 Å². The van der Waals surface area contributed by atoms with Gasteiger partial charge < -0.3 is 9.90 Å². The van der Waals surface area contributed by atoms with Crippen molar-refractivity contribution in [1.82, 2.24) is 0 Å². The summed E-state index contributed by atoms with van der Waals surface area (Å²) in [4.78, 5) is 10.2. The van der Waals surface area contributed by atoms with Gasteiger partial charge in [-0.25, -0.2) is 0 Å². The van der Waals surface area contributed by atoms with Gasteiger partial charge in [0.25, 0.3) is 0 Å². The van der Waals surface area contributed by atoms with Crippen molar-refractivity contribution in [1.29, 1.82) is 0 Å². The molecule has 0 aliphatic carbocycles. The molecule has 0 N–H and O–H groups in total. The first-order valence-electron chi connectivity index (χ1n) is 7.97. The smallest absolute Gasteiger partial charge is 0.550 e. The fourth-order valence-corrected chi connectivity index (χ4v) is 2.29. The normalized spacial score (nSPS) is 10.2. The number of rotatable bonds is 14. The minimum Gasteiger partial charge on any atom is -0.550 e. The van der Waals surface area contributed by atoms with Gasteiger partial charge in [-0.2, -0.15) is 0 Å². The minimum absolute atomic E-state index is 0. The van der Waals surface area contributed by atoms with Crippen LogP contribution in [0.4, 0.5) is 0 Å². The number of hydrogen-bond donors (Lipinski definition) is 0. The van der Waals surface area contributed by atoms with Crippen molar-refractivity contribution in [2.24, 2.45) is 0 Å². The van der Waals surface area contributed by atoms with Gasteiger partial charge in [0, 0.05) is 5.97 Å². The Morgan fingerprint density at radius 3 is 1.32 bits per heavy atom. The minimum atomic E-state index is -0.905. The molecule has 0 rings (SSSR count). The second-order valence-corrected chi connectivity index (χ2v) is 5.36. The molecule has 0 aliphatic heterocycles. The van der Waals surface area contributed by atoms with Gasteiger partial charge >= 0.3 is 17.1 Å². The van der Waals surface area contributed by atoms with E-state index >= 15 is 0 Å². The summed E-state index contributed by atoms with van der Waals surface area (Å²) in [5.41, 5.74) is 0. The van der Waals surface area contributed by atoms with E-state index in [-0.39, 0.29) is 23.5 Å². The first kappa shape index (κ1) is 21.3. The van der Waals surface area contributed by atoms with Crippen LogP contribution in [0.2, 0.25) is 0 Å². The maximum atomic E-state index is 10.2. The van der Waals surface area contributed by atoms with Crippen LogP contribution in [0.3, 0.4) is 0 Å². The maximum absolute atomic E-state index is 10.2. The third kappa shape index (κ3) is 20.5. The summed E-state index contributed by atoms with van der Waals surface area (Å²) in [5.74, 6) is -0.905. The quantitative estimate of drug-likeness (QED) is 0.355. The van der Waals surface area contributed by atoms with Crippen LogP contribution in [0.5, 0.6) is 0 Å². The van der Waals surface area contributed by atoms with E-state index in [1.165, 1.54) is 70.6 Å². The number of carbonyl (C=O) groups excluding carboxylic acids is 1. The molecule has 0 spiro atoms. The fraction of sp³-hybridized carbons (Fsp3) is 0.938. The maximum Gasteiger partial charge on any atom is 2.00 e. The number of carbonyl (C=O) groups is 1. The average Bonchev–Trinajstić information content (AvgIpc) is 2.34. The molecular weight excluding hydrogens is 288 g/mol. The molecule has 0 bridgehead atoms. The van der Waals surface area contributed by atoms with Crippen molar-refractivity contribution in [2.45, 2.75) is 96.8 Å². The van der Waals surface area contributed by atoms with Crippen LogP contribution in [-0.4, -0.2) is 5.97 Å². The Morgan fingerprint density at radius 1 is 0.684 bits per heavy atom. The van der Waals surface area contributed by atoms with E-state index in [9.17, 15) is 9.90 Å². The molecule has 0 saturated heterocycles. The molecule has 0 aromatic rings. The molecule has 0 fully saturated rings. The molecule has 3 heteroatoms. The molecule has 2 nitrogen and oxygen atoms in total. The molecule has 1 radical (unpaired) electrons. The van der Waals surface area contributed by atoms with E-state index in [0.717, 1.165) is 12.8 Å². The molecule has 0 unspecified atom stereocenters.